The van der Waals surface area contributed by atoms with Crippen LogP contribution in [0.5, 0.6) is 0 Å². The Balaban J connectivity index is 1.55. The number of carbonyl (C=O) groups excluding carboxylic acids is 1. The Morgan fingerprint density at radius 3 is 2.00 bits per heavy atom. The molecule has 3 aromatic rings. The molecule has 0 N–H and O–H groups in total. The van der Waals surface area contributed by atoms with E-state index in [0.29, 0.717) is 19.6 Å². The monoisotopic (exact) mass is 384 g/mol. The van der Waals surface area contributed by atoms with Gasteiger partial charge in [0.05, 0.1) is 25.0 Å². The van der Waals surface area contributed by atoms with Crippen molar-refractivity contribution in [1.82, 2.24) is 5.01 Å². The Morgan fingerprint density at radius 1 is 0.862 bits per heavy atom. The highest BCUT2D eigenvalue weighted by Crippen LogP contribution is 2.22. The zero-order valence-corrected chi connectivity index (χ0v) is 16.3. The molecule has 0 spiro atoms. The van der Waals surface area contributed by atoms with E-state index in [1.165, 1.54) is 0 Å². The zero-order valence-electron chi connectivity index (χ0n) is 16.3. The molecule has 3 aromatic carbocycles. The Morgan fingerprint density at radius 2 is 1.41 bits per heavy atom. The second-order valence-electron chi connectivity index (χ2n) is 7.11. The minimum atomic E-state index is -0.0476. The Hall–Kier alpha value is -3.24. The van der Waals surface area contributed by atoms with Gasteiger partial charge in [0.15, 0.2) is 0 Å². The molecule has 146 valence electrons. The number of benzene rings is 3. The van der Waals surface area contributed by atoms with Gasteiger partial charge in [0.1, 0.15) is 0 Å². The van der Waals surface area contributed by atoms with Crippen LogP contribution in [0.3, 0.4) is 0 Å². The number of amides is 1. The number of carbonyl (C=O) groups is 1. The van der Waals surface area contributed by atoms with Crippen molar-refractivity contribution in [1.29, 1.82) is 0 Å². The van der Waals surface area contributed by atoms with Crippen LogP contribution in [0, 0.1) is 0 Å². The van der Waals surface area contributed by atoms with E-state index >= 15 is 0 Å². The third kappa shape index (κ3) is 4.79. The molecule has 4 heteroatoms. The highest BCUT2D eigenvalue weighted by molar-refractivity contribution is 6.13. The summed E-state index contributed by atoms with van der Waals surface area (Å²) in [6, 6.07) is 30.0. The summed E-state index contributed by atoms with van der Waals surface area (Å²) < 4.78 is 5.91. The average molecular weight is 384 g/mol. The Kier molecular flexibility index (Phi) is 6.13. The van der Waals surface area contributed by atoms with E-state index < -0.39 is 0 Å². The molecule has 1 atom stereocenters. The summed E-state index contributed by atoms with van der Waals surface area (Å²) in [5.74, 6) is 0.0441. The summed E-state index contributed by atoms with van der Waals surface area (Å²) in [5, 5.41) is 6.45. The third-order valence-electron chi connectivity index (χ3n) is 5.02. The SMILES string of the molecule is O=C1CC[C@@H](COCc2ccccc2)N1N=C(c1ccccc1)c1ccccc1. The smallest absolute Gasteiger partial charge is 0.243 e. The van der Waals surface area contributed by atoms with Crippen molar-refractivity contribution >= 4 is 11.6 Å². The first-order valence-corrected chi connectivity index (χ1v) is 9.94. The van der Waals surface area contributed by atoms with Crippen molar-refractivity contribution in [3.63, 3.8) is 0 Å². The van der Waals surface area contributed by atoms with Crippen LogP contribution in [-0.4, -0.2) is 29.3 Å². The van der Waals surface area contributed by atoms with Crippen molar-refractivity contribution in [2.75, 3.05) is 6.61 Å². The lowest BCUT2D eigenvalue weighted by atomic mass is 10.0. The van der Waals surface area contributed by atoms with E-state index in [-0.39, 0.29) is 11.9 Å². The van der Waals surface area contributed by atoms with Gasteiger partial charge in [0, 0.05) is 17.5 Å². The number of ether oxygens (including phenoxy) is 1. The molecule has 1 heterocycles. The van der Waals surface area contributed by atoms with Gasteiger partial charge in [-0.15, -0.1) is 0 Å². The largest absolute Gasteiger partial charge is 0.375 e. The predicted octanol–water partition coefficient (Wildman–Crippen LogP) is 4.65. The molecule has 0 unspecified atom stereocenters. The average Bonchev–Trinajstić information content (AvgIpc) is 3.13. The standard InChI is InChI=1S/C25H24N2O2/c28-24-17-16-23(19-29-18-20-10-4-1-5-11-20)27(24)26-25(21-12-6-2-7-13-21)22-14-8-3-9-15-22/h1-15,23H,16-19H2/t23-/m0/s1. The van der Waals surface area contributed by atoms with E-state index in [1.807, 2.05) is 91.0 Å². The van der Waals surface area contributed by atoms with Gasteiger partial charge in [0.25, 0.3) is 0 Å². The van der Waals surface area contributed by atoms with E-state index in [0.717, 1.165) is 28.8 Å². The first-order valence-electron chi connectivity index (χ1n) is 9.94. The minimum absolute atomic E-state index is 0.0441. The lowest BCUT2D eigenvalue weighted by molar-refractivity contribution is -0.129. The summed E-state index contributed by atoms with van der Waals surface area (Å²) in [5.41, 5.74) is 3.90. The van der Waals surface area contributed by atoms with Crippen LogP contribution in [0.4, 0.5) is 0 Å². The fourth-order valence-corrected chi connectivity index (χ4v) is 3.49. The van der Waals surface area contributed by atoms with Gasteiger partial charge >= 0.3 is 0 Å². The molecule has 0 radical (unpaired) electrons. The number of rotatable bonds is 7. The minimum Gasteiger partial charge on any atom is -0.375 e. The topological polar surface area (TPSA) is 41.9 Å². The number of hydrogen-bond acceptors (Lipinski definition) is 3. The summed E-state index contributed by atoms with van der Waals surface area (Å²) in [6.07, 6.45) is 1.26. The molecule has 29 heavy (non-hydrogen) atoms. The van der Waals surface area contributed by atoms with Crippen LogP contribution in [0.1, 0.15) is 29.5 Å². The maximum Gasteiger partial charge on any atom is 0.243 e. The molecule has 1 amide bonds. The quantitative estimate of drug-likeness (QED) is 0.557. The molecule has 0 aliphatic carbocycles. The predicted molar refractivity (Wildman–Crippen MR) is 114 cm³/mol. The van der Waals surface area contributed by atoms with Gasteiger partial charge < -0.3 is 4.74 Å². The van der Waals surface area contributed by atoms with Crippen LogP contribution < -0.4 is 0 Å². The maximum atomic E-state index is 12.6. The molecule has 0 aromatic heterocycles. The Bertz CT molecular complexity index is 914. The third-order valence-corrected chi connectivity index (χ3v) is 5.02. The molecule has 1 saturated heterocycles. The summed E-state index contributed by atoms with van der Waals surface area (Å²) in [6.45, 7) is 1.01. The number of nitrogens with zero attached hydrogens (tertiary/aromatic N) is 2. The van der Waals surface area contributed by atoms with E-state index in [9.17, 15) is 4.79 Å². The number of hydrazone groups is 1. The van der Waals surface area contributed by atoms with Gasteiger partial charge in [0.2, 0.25) is 5.91 Å². The van der Waals surface area contributed by atoms with Crippen LogP contribution in [0.15, 0.2) is 96.1 Å². The van der Waals surface area contributed by atoms with E-state index in [4.69, 9.17) is 9.84 Å². The van der Waals surface area contributed by atoms with Crippen molar-refractivity contribution in [3.05, 3.63) is 108 Å². The maximum absolute atomic E-state index is 12.6. The summed E-state index contributed by atoms with van der Waals surface area (Å²) >= 11 is 0. The van der Waals surface area contributed by atoms with Gasteiger partial charge in [-0.05, 0) is 12.0 Å². The van der Waals surface area contributed by atoms with E-state index in [2.05, 4.69) is 0 Å². The second kappa shape index (κ2) is 9.30. The summed E-state index contributed by atoms with van der Waals surface area (Å²) in [4.78, 5) is 12.6. The van der Waals surface area contributed by atoms with E-state index in [1.54, 1.807) is 5.01 Å². The van der Waals surface area contributed by atoms with Crippen molar-refractivity contribution < 1.29 is 9.53 Å². The molecule has 1 aliphatic heterocycles. The molecule has 4 rings (SSSR count). The molecular weight excluding hydrogens is 360 g/mol. The van der Waals surface area contributed by atoms with Crippen LogP contribution in [0.25, 0.3) is 0 Å². The normalized spacial score (nSPS) is 16.1. The van der Waals surface area contributed by atoms with Crippen LogP contribution in [-0.2, 0) is 16.1 Å². The van der Waals surface area contributed by atoms with Crippen molar-refractivity contribution in [3.8, 4) is 0 Å². The van der Waals surface area contributed by atoms with Gasteiger partial charge in [-0.25, -0.2) is 5.01 Å². The molecular formula is C25H24N2O2. The highest BCUT2D eigenvalue weighted by Gasteiger charge is 2.32. The van der Waals surface area contributed by atoms with Gasteiger partial charge in [-0.1, -0.05) is 91.0 Å². The fraction of sp³-hybridized carbons (Fsp3) is 0.200. The zero-order chi connectivity index (χ0) is 19.9. The van der Waals surface area contributed by atoms with Crippen LogP contribution >= 0.6 is 0 Å². The molecule has 0 bridgehead atoms. The first-order chi connectivity index (χ1) is 14.3. The van der Waals surface area contributed by atoms with Crippen LogP contribution in [0.2, 0.25) is 0 Å². The molecule has 4 nitrogen and oxygen atoms in total. The summed E-state index contributed by atoms with van der Waals surface area (Å²) in [7, 11) is 0. The van der Waals surface area contributed by atoms with Gasteiger partial charge in [-0.2, -0.15) is 5.10 Å². The van der Waals surface area contributed by atoms with Crippen molar-refractivity contribution in [2.24, 2.45) is 5.10 Å². The molecule has 0 saturated carbocycles. The number of hydrogen-bond donors (Lipinski definition) is 0. The second-order valence-corrected chi connectivity index (χ2v) is 7.11. The fourth-order valence-electron chi connectivity index (χ4n) is 3.49. The Labute approximate surface area is 171 Å². The van der Waals surface area contributed by atoms with Crippen molar-refractivity contribution in [2.45, 2.75) is 25.5 Å². The first kappa shape index (κ1) is 19.1. The molecule has 1 aliphatic rings. The molecule has 1 fully saturated rings. The lowest BCUT2D eigenvalue weighted by Gasteiger charge is -2.21. The lowest BCUT2D eigenvalue weighted by Crippen LogP contribution is -2.33. The highest BCUT2D eigenvalue weighted by atomic mass is 16.5. The van der Waals surface area contributed by atoms with Gasteiger partial charge in [-0.3, -0.25) is 4.79 Å².